The molecule has 3 unspecified atom stereocenters. The zero-order chi connectivity index (χ0) is 18.4. The molecule has 3 atom stereocenters. The van der Waals surface area contributed by atoms with E-state index in [1.54, 1.807) is 0 Å². The molecule has 2 heterocycles. The van der Waals surface area contributed by atoms with Crippen molar-refractivity contribution in [2.75, 3.05) is 19.6 Å². The van der Waals surface area contributed by atoms with Crippen molar-refractivity contribution in [1.82, 2.24) is 9.80 Å². The summed E-state index contributed by atoms with van der Waals surface area (Å²) in [5, 5.41) is 9.00. The fourth-order valence-corrected chi connectivity index (χ4v) is 3.82. The molecule has 0 saturated carbocycles. The third-order valence-electron chi connectivity index (χ3n) is 5.20. The van der Waals surface area contributed by atoms with Crippen LogP contribution >= 0.6 is 0 Å². The summed E-state index contributed by atoms with van der Waals surface area (Å²) in [5.74, 6) is -1.09. The van der Waals surface area contributed by atoms with Crippen LogP contribution in [0.4, 0.5) is 0 Å². The van der Waals surface area contributed by atoms with Crippen LogP contribution in [-0.2, 0) is 19.1 Å². The number of carbonyl (C=O) groups excluding carboxylic acids is 2. The van der Waals surface area contributed by atoms with Gasteiger partial charge >= 0.3 is 5.97 Å². The number of carbonyl (C=O) groups is 3. The number of hydrogen-bond acceptors (Lipinski definition) is 4. The van der Waals surface area contributed by atoms with E-state index in [-0.39, 0.29) is 30.5 Å². The second-order valence-electron chi connectivity index (χ2n) is 7.19. The van der Waals surface area contributed by atoms with Crippen LogP contribution in [0, 0.1) is 0 Å². The van der Waals surface area contributed by atoms with Crippen LogP contribution < -0.4 is 0 Å². The molecule has 0 aromatic carbocycles. The average Bonchev–Trinajstić information content (AvgIpc) is 2.81. The molecule has 2 aliphatic heterocycles. The summed E-state index contributed by atoms with van der Waals surface area (Å²) >= 11 is 0. The summed E-state index contributed by atoms with van der Waals surface area (Å²) in [5.41, 5.74) is 0. The summed E-state index contributed by atoms with van der Waals surface area (Å²) in [6.45, 7) is 4.45. The highest BCUT2D eigenvalue weighted by Gasteiger charge is 2.28. The van der Waals surface area contributed by atoms with E-state index in [1.807, 2.05) is 4.90 Å². The van der Waals surface area contributed by atoms with Gasteiger partial charge in [0.15, 0.2) is 0 Å². The van der Waals surface area contributed by atoms with Crippen LogP contribution in [0.25, 0.3) is 0 Å². The van der Waals surface area contributed by atoms with Crippen molar-refractivity contribution < 1.29 is 24.2 Å². The molecule has 2 amide bonds. The fraction of sp³-hybridized carbons (Fsp3) is 0.833. The maximum atomic E-state index is 12.5. The SMILES string of the molecule is CC(=O)N(CC(=O)O)C1CCCN(C(=O)CCC2CCC(C)O2)CC1. The predicted molar refractivity (Wildman–Crippen MR) is 92.0 cm³/mol. The Labute approximate surface area is 149 Å². The zero-order valence-corrected chi connectivity index (χ0v) is 15.3. The molecule has 1 N–H and O–H groups in total. The summed E-state index contributed by atoms with van der Waals surface area (Å²) < 4.78 is 5.77. The molecule has 7 heteroatoms. The van der Waals surface area contributed by atoms with Gasteiger partial charge in [0.05, 0.1) is 12.2 Å². The van der Waals surface area contributed by atoms with Crippen LogP contribution in [0.2, 0.25) is 0 Å². The van der Waals surface area contributed by atoms with E-state index in [0.29, 0.717) is 32.0 Å². The molecule has 0 aliphatic carbocycles. The first-order chi connectivity index (χ1) is 11.9. The Morgan fingerprint density at radius 3 is 2.52 bits per heavy atom. The highest BCUT2D eigenvalue weighted by Crippen LogP contribution is 2.23. The predicted octanol–water partition coefficient (Wildman–Crippen LogP) is 1.65. The van der Waals surface area contributed by atoms with Gasteiger partial charge in [-0.1, -0.05) is 0 Å². The number of rotatable bonds is 6. The highest BCUT2D eigenvalue weighted by atomic mass is 16.5. The van der Waals surface area contributed by atoms with Crippen molar-refractivity contribution in [1.29, 1.82) is 0 Å². The van der Waals surface area contributed by atoms with E-state index in [1.165, 1.54) is 11.8 Å². The Kier molecular flexibility index (Phi) is 7.23. The molecule has 0 spiro atoms. The number of hydrogen-bond donors (Lipinski definition) is 1. The molecule has 2 fully saturated rings. The summed E-state index contributed by atoms with van der Waals surface area (Å²) in [6.07, 6.45) is 6.00. The van der Waals surface area contributed by atoms with Crippen LogP contribution in [0.5, 0.6) is 0 Å². The minimum absolute atomic E-state index is 0.106. The third kappa shape index (κ3) is 5.99. The Morgan fingerprint density at radius 2 is 1.92 bits per heavy atom. The number of carboxylic acid groups (broad SMARTS) is 1. The lowest BCUT2D eigenvalue weighted by Gasteiger charge is -2.29. The molecule has 2 aliphatic rings. The van der Waals surface area contributed by atoms with E-state index >= 15 is 0 Å². The lowest BCUT2D eigenvalue weighted by Crippen LogP contribution is -2.43. The number of nitrogens with zero attached hydrogens (tertiary/aromatic N) is 2. The van der Waals surface area contributed by atoms with Gasteiger partial charge in [-0.15, -0.1) is 0 Å². The normalized spacial score (nSPS) is 27.0. The van der Waals surface area contributed by atoms with Gasteiger partial charge < -0.3 is 19.6 Å². The molecule has 0 aromatic heterocycles. The molecule has 2 rings (SSSR count). The van der Waals surface area contributed by atoms with Crippen LogP contribution in [0.3, 0.4) is 0 Å². The third-order valence-corrected chi connectivity index (χ3v) is 5.20. The summed E-state index contributed by atoms with van der Waals surface area (Å²) in [7, 11) is 0. The van der Waals surface area contributed by atoms with E-state index in [4.69, 9.17) is 9.84 Å². The topological polar surface area (TPSA) is 87.2 Å². The van der Waals surface area contributed by atoms with Gasteiger partial charge in [-0.2, -0.15) is 0 Å². The van der Waals surface area contributed by atoms with Crippen molar-refractivity contribution in [2.45, 2.75) is 77.0 Å². The second kappa shape index (κ2) is 9.17. The summed E-state index contributed by atoms with van der Waals surface area (Å²) in [6, 6.07) is -0.106. The minimum atomic E-state index is -1.00. The van der Waals surface area contributed by atoms with Crippen molar-refractivity contribution in [2.24, 2.45) is 0 Å². The monoisotopic (exact) mass is 354 g/mol. The summed E-state index contributed by atoms with van der Waals surface area (Å²) in [4.78, 5) is 38.5. The highest BCUT2D eigenvalue weighted by molar-refractivity contribution is 5.80. The van der Waals surface area contributed by atoms with Gasteiger partial charge in [-0.3, -0.25) is 14.4 Å². The number of likely N-dealkylation sites (tertiary alicyclic amines) is 1. The molecule has 0 aromatic rings. The molecule has 0 bridgehead atoms. The van der Waals surface area contributed by atoms with Crippen LogP contribution in [0.1, 0.15) is 58.8 Å². The Morgan fingerprint density at radius 1 is 1.16 bits per heavy atom. The van der Waals surface area contributed by atoms with Gasteiger partial charge in [0.1, 0.15) is 6.54 Å². The first kappa shape index (κ1) is 19.7. The molecule has 0 radical (unpaired) electrons. The smallest absolute Gasteiger partial charge is 0.323 e. The number of ether oxygens (including phenoxy) is 1. The van der Waals surface area contributed by atoms with Gasteiger partial charge in [0, 0.05) is 32.5 Å². The standard InChI is InChI=1S/C18H30N2O5/c1-13-5-6-16(25-13)7-8-17(22)19-10-3-4-15(9-11-19)20(14(2)21)12-18(23)24/h13,15-16H,3-12H2,1-2H3,(H,23,24). The van der Waals surface area contributed by atoms with Crippen molar-refractivity contribution in [3.63, 3.8) is 0 Å². The first-order valence-corrected chi connectivity index (χ1v) is 9.29. The Hall–Kier alpha value is -1.63. The molecule has 142 valence electrons. The Balaban J connectivity index is 1.82. The largest absolute Gasteiger partial charge is 0.480 e. The molecular formula is C18H30N2O5. The molecular weight excluding hydrogens is 324 g/mol. The maximum Gasteiger partial charge on any atom is 0.323 e. The quantitative estimate of drug-likeness (QED) is 0.784. The maximum absolute atomic E-state index is 12.5. The first-order valence-electron chi connectivity index (χ1n) is 9.29. The van der Waals surface area contributed by atoms with Crippen molar-refractivity contribution in [3.05, 3.63) is 0 Å². The van der Waals surface area contributed by atoms with Crippen LogP contribution in [-0.4, -0.2) is 70.6 Å². The van der Waals surface area contributed by atoms with Gasteiger partial charge in [0.2, 0.25) is 11.8 Å². The van der Waals surface area contributed by atoms with Gasteiger partial charge in [0.25, 0.3) is 0 Å². The second-order valence-corrected chi connectivity index (χ2v) is 7.19. The van der Waals surface area contributed by atoms with Gasteiger partial charge in [-0.25, -0.2) is 0 Å². The lowest BCUT2D eigenvalue weighted by atomic mass is 10.1. The van der Waals surface area contributed by atoms with E-state index in [9.17, 15) is 14.4 Å². The van der Waals surface area contributed by atoms with Crippen molar-refractivity contribution in [3.8, 4) is 0 Å². The number of aliphatic carboxylic acids is 1. The van der Waals surface area contributed by atoms with E-state index in [0.717, 1.165) is 32.1 Å². The molecule has 7 nitrogen and oxygen atoms in total. The Bertz CT molecular complexity index is 496. The van der Waals surface area contributed by atoms with E-state index < -0.39 is 5.97 Å². The average molecular weight is 354 g/mol. The number of amides is 2. The van der Waals surface area contributed by atoms with E-state index in [2.05, 4.69) is 6.92 Å². The zero-order valence-electron chi connectivity index (χ0n) is 15.3. The fourth-order valence-electron chi connectivity index (χ4n) is 3.82. The van der Waals surface area contributed by atoms with Crippen LogP contribution in [0.15, 0.2) is 0 Å². The molecule has 2 saturated heterocycles. The molecule has 25 heavy (non-hydrogen) atoms. The minimum Gasteiger partial charge on any atom is -0.480 e. The van der Waals surface area contributed by atoms with Crippen molar-refractivity contribution >= 4 is 17.8 Å². The van der Waals surface area contributed by atoms with Gasteiger partial charge in [-0.05, 0) is 45.4 Å². The lowest BCUT2D eigenvalue weighted by molar-refractivity contribution is -0.145. The number of carboxylic acids is 1.